The maximum absolute atomic E-state index is 12.9. The molecule has 0 saturated heterocycles. The van der Waals surface area contributed by atoms with E-state index in [2.05, 4.69) is 20.1 Å². The number of ether oxygens (including phenoxy) is 2. The van der Waals surface area contributed by atoms with Crippen LogP contribution in [-0.2, 0) is 6.54 Å². The van der Waals surface area contributed by atoms with Crippen LogP contribution in [0.5, 0.6) is 11.5 Å². The van der Waals surface area contributed by atoms with E-state index < -0.39 is 0 Å². The highest BCUT2D eigenvalue weighted by molar-refractivity contribution is 7.09. The van der Waals surface area contributed by atoms with Gasteiger partial charge in [-0.15, -0.1) is 11.3 Å². The first-order valence-corrected chi connectivity index (χ1v) is 10.4. The molecule has 0 radical (unpaired) electrons. The van der Waals surface area contributed by atoms with Crippen LogP contribution in [0.3, 0.4) is 0 Å². The molecule has 0 bridgehead atoms. The molecule has 0 saturated carbocycles. The number of hydrogen-bond acceptors (Lipinski definition) is 8. The van der Waals surface area contributed by atoms with E-state index in [9.17, 15) is 4.79 Å². The molecule has 5 rings (SSSR count). The van der Waals surface area contributed by atoms with Gasteiger partial charge in [-0.3, -0.25) is 4.79 Å². The van der Waals surface area contributed by atoms with Crippen LogP contribution < -0.4 is 9.47 Å². The number of fused-ring (bicyclic) bond motifs is 1. The summed E-state index contributed by atoms with van der Waals surface area (Å²) in [6.07, 6.45) is 4.94. The molecule has 31 heavy (non-hydrogen) atoms. The minimum atomic E-state index is -0.133. The van der Waals surface area contributed by atoms with Crippen molar-refractivity contribution in [2.45, 2.75) is 13.5 Å². The smallest absolute Gasteiger partial charge is 0.257 e. The lowest BCUT2D eigenvalue weighted by atomic mass is 10.1. The van der Waals surface area contributed by atoms with Gasteiger partial charge in [-0.25, -0.2) is 19.6 Å². The highest BCUT2D eigenvalue weighted by atomic mass is 32.1. The maximum atomic E-state index is 12.9. The average molecular weight is 434 g/mol. The summed E-state index contributed by atoms with van der Waals surface area (Å²) in [6.45, 7) is 2.49. The first-order chi connectivity index (χ1) is 15.1. The third-order valence-corrected chi connectivity index (χ3v) is 5.71. The zero-order valence-corrected chi connectivity index (χ0v) is 17.7. The van der Waals surface area contributed by atoms with Crippen LogP contribution in [0.1, 0.15) is 21.1 Å². The quantitative estimate of drug-likeness (QED) is 0.476. The van der Waals surface area contributed by atoms with Crippen LogP contribution in [-0.4, -0.2) is 49.4 Å². The van der Waals surface area contributed by atoms with E-state index in [1.54, 1.807) is 35.2 Å². The highest BCUT2D eigenvalue weighted by Gasteiger charge is 2.21. The Morgan fingerprint density at radius 2 is 2.06 bits per heavy atom. The fraction of sp³-hybridized carbons (Fsp3) is 0.190. The van der Waals surface area contributed by atoms with Gasteiger partial charge in [0.05, 0.1) is 29.7 Å². The SMILES string of the molecule is Cc1c(C(=O)N(C)Cc2nccs2)cnn1-c1nccc(-c2ccc3c(c2)OCO3)n1. The molecule has 1 aliphatic rings. The first-order valence-electron chi connectivity index (χ1n) is 9.52. The Bertz CT molecular complexity index is 1250. The van der Waals surface area contributed by atoms with E-state index in [4.69, 9.17) is 9.47 Å². The van der Waals surface area contributed by atoms with Gasteiger partial charge in [0.2, 0.25) is 6.79 Å². The third kappa shape index (κ3) is 3.61. The van der Waals surface area contributed by atoms with E-state index in [0.29, 0.717) is 40.9 Å². The van der Waals surface area contributed by atoms with Crippen molar-refractivity contribution in [3.8, 4) is 28.7 Å². The van der Waals surface area contributed by atoms with Crippen LogP contribution in [0.2, 0.25) is 0 Å². The van der Waals surface area contributed by atoms with Crippen molar-refractivity contribution in [3.63, 3.8) is 0 Å². The topological polar surface area (TPSA) is 95.3 Å². The van der Waals surface area contributed by atoms with Crippen molar-refractivity contribution in [2.75, 3.05) is 13.8 Å². The number of carbonyl (C=O) groups is 1. The Morgan fingerprint density at radius 3 is 2.90 bits per heavy atom. The zero-order valence-electron chi connectivity index (χ0n) is 16.8. The normalized spacial score (nSPS) is 12.2. The summed E-state index contributed by atoms with van der Waals surface area (Å²) >= 11 is 1.51. The summed E-state index contributed by atoms with van der Waals surface area (Å²) < 4.78 is 12.4. The lowest BCUT2D eigenvalue weighted by molar-refractivity contribution is 0.0784. The Hall–Kier alpha value is -3.79. The van der Waals surface area contributed by atoms with Gasteiger partial charge in [-0.05, 0) is 31.2 Å². The molecule has 0 N–H and O–H groups in total. The Morgan fingerprint density at radius 1 is 1.19 bits per heavy atom. The van der Waals surface area contributed by atoms with Crippen molar-refractivity contribution < 1.29 is 14.3 Å². The lowest BCUT2D eigenvalue weighted by Gasteiger charge is -2.15. The van der Waals surface area contributed by atoms with Crippen molar-refractivity contribution >= 4 is 17.2 Å². The summed E-state index contributed by atoms with van der Waals surface area (Å²) in [5, 5.41) is 7.13. The Balaban J connectivity index is 1.42. The number of amides is 1. The van der Waals surface area contributed by atoms with Gasteiger partial charge in [0.15, 0.2) is 11.5 Å². The van der Waals surface area contributed by atoms with Gasteiger partial charge in [0.25, 0.3) is 11.9 Å². The molecule has 0 fully saturated rings. The zero-order chi connectivity index (χ0) is 21.4. The summed E-state index contributed by atoms with van der Waals surface area (Å²) in [5.41, 5.74) is 2.75. The molecule has 1 aromatic carbocycles. The number of carbonyl (C=O) groups excluding carboxylic acids is 1. The second kappa shape index (κ2) is 7.80. The number of aromatic nitrogens is 5. The minimum Gasteiger partial charge on any atom is -0.454 e. The first kappa shape index (κ1) is 19.2. The van der Waals surface area contributed by atoms with E-state index in [1.807, 2.05) is 36.6 Å². The van der Waals surface area contributed by atoms with Crippen LogP contribution >= 0.6 is 11.3 Å². The maximum Gasteiger partial charge on any atom is 0.257 e. The second-order valence-corrected chi connectivity index (χ2v) is 7.93. The molecular formula is C21H18N6O3S. The van der Waals surface area contributed by atoms with Gasteiger partial charge in [0.1, 0.15) is 5.01 Å². The minimum absolute atomic E-state index is 0.133. The van der Waals surface area contributed by atoms with Crippen LogP contribution in [0.25, 0.3) is 17.2 Å². The fourth-order valence-corrected chi connectivity index (χ4v) is 3.97. The van der Waals surface area contributed by atoms with Gasteiger partial charge in [-0.1, -0.05) is 0 Å². The van der Waals surface area contributed by atoms with E-state index in [1.165, 1.54) is 11.3 Å². The molecule has 1 aliphatic heterocycles. The predicted molar refractivity (Wildman–Crippen MR) is 113 cm³/mol. The lowest BCUT2D eigenvalue weighted by Crippen LogP contribution is -2.26. The standard InChI is InChI=1S/C21H18N6O3S/c1-13-15(20(28)26(2)11-19-22-7-8-31-19)10-24-27(13)21-23-6-5-16(25-21)14-3-4-17-18(9-14)30-12-29-17/h3-10H,11-12H2,1-2H3. The van der Waals surface area contributed by atoms with E-state index in [0.717, 1.165) is 10.6 Å². The van der Waals surface area contributed by atoms with Gasteiger partial charge in [-0.2, -0.15) is 5.10 Å². The van der Waals surface area contributed by atoms with E-state index in [-0.39, 0.29) is 12.7 Å². The predicted octanol–water partition coefficient (Wildman–Crippen LogP) is 3.10. The van der Waals surface area contributed by atoms with Crippen LogP contribution in [0, 0.1) is 6.92 Å². The molecular weight excluding hydrogens is 416 g/mol. The van der Waals surface area contributed by atoms with Crippen molar-refractivity contribution in [2.24, 2.45) is 0 Å². The molecule has 0 unspecified atom stereocenters. The number of rotatable bonds is 5. The van der Waals surface area contributed by atoms with Crippen LogP contribution in [0.15, 0.2) is 48.2 Å². The van der Waals surface area contributed by atoms with Crippen LogP contribution in [0.4, 0.5) is 0 Å². The number of nitrogens with zero attached hydrogens (tertiary/aromatic N) is 6. The molecule has 0 spiro atoms. The molecule has 0 atom stereocenters. The van der Waals surface area contributed by atoms with Crippen molar-refractivity contribution in [1.29, 1.82) is 0 Å². The van der Waals surface area contributed by atoms with E-state index >= 15 is 0 Å². The molecule has 4 heterocycles. The molecule has 4 aromatic rings. The fourth-order valence-electron chi connectivity index (χ4n) is 3.30. The molecule has 10 heteroatoms. The number of thiazole rings is 1. The van der Waals surface area contributed by atoms with Crippen molar-refractivity contribution in [3.05, 3.63) is 64.5 Å². The number of hydrogen-bond donors (Lipinski definition) is 0. The second-order valence-electron chi connectivity index (χ2n) is 6.95. The highest BCUT2D eigenvalue weighted by Crippen LogP contribution is 2.35. The van der Waals surface area contributed by atoms with Crippen molar-refractivity contribution in [1.82, 2.24) is 29.6 Å². The summed E-state index contributed by atoms with van der Waals surface area (Å²) in [6, 6.07) is 7.46. The largest absolute Gasteiger partial charge is 0.454 e. The average Bonchev–Trinajstić information content (AvgIpc) is 3.54. The molecule has 1 amide bonds. The summed E-state index contributed by atoms with van der Waals surface area (Å²) in [5.74, 6) is 1.65. The summed E-state index contributed by atoms with van der Waals surface area (Å²) in [4.78, 5) is 27.8. The summed E-state index contributed by atoms with van der Waals surface area (Å²) in [7, 11) is 1.75. The molecule has 0 aliphatic carbocycles. The third-order valence-electron chi connectivity index (χ3n) is 4.94. The monoisotopic (exact) mass is 434 g/mol. The van der Waals surface area contributed by atoms with Gasteiger partial charge in [0, 0.05) is 30.4 Å². The number of benzene rings is 1. The Labute approximate surface area is 181 Å². The Kier molecular flexibility index (Phi) is 4.83. The van der Waals surface area contributed by atoms with Gasteiger partial charge >= 0.3 is 0 Å². The molecule has 3 aromatic heterocycles. The van der Waals surface area contributed by atoms with Gasteiger partial charge < -0.3 is 14.4 Å². The molecule has 156 valence electrons. The molecule has 9 nitrogen and oxygen atoms in total.